The fourth-order valence-electron chi connectivity index (χ4n) is 1.38. The smallest absolute Gasteiger partial charge is 0.323 e. The van der Waals surface area contributed by atoms with Gasteiger partial charge in [0.25, 0.3) is 0 Å². The molecule has 6 heteroatoms. The predicted molar refractivity (Wildman–Crippen MR) is 80.3 cm³/mol. The zero-order valence-electron chi connectivity index (χ0n) is 12.4. The number of nitrogens with zero attached hydrogens (tertiary/aromatic N) is 2. The molecule has 108 valence electrons. The lowest BCUT2D eigenvalue weighted by Crippen LogP contribution is -2.40. The van der Waals surface area contributed by atoms with Crippen molar-refractivity contribution in [3.05, 3.63) is 0 Å². The second-order valence-electron chi connectivity index (χ2n) is 5.96. The molecule has 0 rings (SSSR count). The van der Waals surface area contributed by atoms with Gasteiger partial charge in [-0.05, 0) is 34.6 Å². The van der Waals surface area contributed by atoms with Crippen LogP contribution < -0.4 is 0 Å². The molecule has 18 heavy (non-hydrogen) atoms. The highest BCUT2D eigenvalue weighted by Crippen LogP contribution is 2.17. The summed E-state index contributed by atoms with van der Waals surface area (Å²) in [6.45, 7) is 10.6. The highest BCUT2D eigenvalue weighted by molar-refractivity contribution is 14.1. The van der Waals surface area contributed by atoms with Crippen LogP contribution in [0, 0.1) is 0 Å². The number of alkyl halides is 1. The monoisotopic (exact) mass is 372 g/mol. The largest absolute Gasteiger partial charge is 0.459 e. The Hall–Kier alpha value is 0.0800. The molecule has 0 aliphatic rings. The number of likely N-dealkylation sites (N-methyl/N-ethyl adjacent to an activating group) is 1. The lowest BCUT2D eigenvalue weighted by Gasteiger charge is -2.28. The molecule has 0 aliphatic carbocycles. The topological polar surface area (TPSA) is 42.0 Å². The highest BCUT2D eigenvalue weighted by Gasteiger charge is 2.20. The van der Waals surface area contributed by atoms with E-state index in [9.17, 15) is 4.79 Å². The number of carbonyl (C=O) groups excluding carboxylic acids is 1. The molecule has 0 radical (unpaired) electrons. The van der Waals surface area contributed by atoms with Crippen LogP contribution in [0.1, 0.15) is 34.6 Å². The number of carbonyl (C=O) groups is 1. The van der Waals surface area contributed by atoms with E-state index in [0.29, 0.717) is 0 Å². The molecule has 0 aromatic carbocycles. The third-order valence-electron chi connectivity index (χ3n) is 1.65. The lowest BCUT2D eigenvalue weighted by molar-refractivity contribution is -0.304. The van der Waals surface area contributed by atoms with E-state index in [4.69, 9.17) is 9.68 Å². The van der Waals surface area contributed by atoms with Gasteiger partial charge < -0.3 is 4.74 Å². The van der Waals surface area contributed by atoms with Crippen molar-refractivity contribution in [2.24, 2.45) is 0 Å². The molecule has 0 amide bonds. The van der Waals surface area contributed by atoms with Crippen molar-refractivity contribution < 1.29 is 14.5 Å². The first-order valence-corrected chi connectivity index (χ1v) is 6.98. The maximum Gasteiger partial charge on any atom is 0.323 e. The van der Waals surface area contributed by atoms with Crippen LogP contribution in [-0.4, -0.2) is 52.3 Å². The SMILES string of the molecule is CN(CC(=O)OC(C)(C)C)ON(C)CC(C)(C)I. The Labute approximate surface area is 124 Å². The van der Waals surface area contributed by atoms with Crippen LogP contribution in [-0.2, 0) is 14.5 Å². The molecule has 0 atom stereocenters. The first-order chi connectivity index (χ1) is 7.89. The summed E-state index contributed by atoms with van der Waals surface area (Å²) >= 11 is 2.35. The van der Waals surface area contributed by atoms with Gasteiger partial charge in [0.2, 0.25) is 0 Å². The molecule has 0 saturated heterocycles. The molecule has 0 heterocycles. The lowest BCUT2D eigenvalue weighted by atomic mass is 10.2. The van der Waals surface area contributed by atoms with Crippen LogP contribution >= 0.6 is 22.6 Å². The summed E-state index contributed by atoms with van der Waals surface area (Å²) < 4.78 is 5.32. The normalized spacial score (nSPS) is 13.2. The van der Waals surface area contributed by atoms with Crippen molar-refractivity contribution in [3.63, 3.8) is 0 Å². The number of ether oxygens (including phenoxy) is 1. The number of hydroxylamine groups is 4. The van der Waals surface area contributed by atoms with E-state index in [1.54, 1.807) is 12.1 Å². The fourth-order valence-corrected chi connectivity index (χ4v) is 1.86. The van der Waals surface area contributed by atoms with Crippen molar-refractivity contribution in [3.8, 4) is 0 Å². The average Bonchev–Trinajstić information content (AvgIpc) is 1.92. The second-order valence-corrected chi connectivity index (χ2v) is 8.88. The molecule has 0 bridgehead atoms. The van der Waals surface area contributed by atoms with E-state index in [-0.39, 0.29) is 15.9 Å². The summed E-state index contributed by atoms with van der Waals surface area (Å²) in [5.41, 5.74) is -0.464. The van der Waals surface area contributed by atoms with Crippen LogP contribution in [0.15, 0.2) is 0 Å². The predicted octanol–water partition coefficient (Wildman–Crippen LogP) is 2.25. The van der Waals surface area contributed by atoms with Crippen molar-refractivity contribution in [2.75, 3.05) is 27.2 Å². The number of hydrogen-bond acceptors (Lipinski definition) is 5. The van der Waals surface area contributed by atoms with E-state index in [0.717, 1.165) is 6.54 Å². The van der Waals surface area contributed by atoms with Crippen LogP contribution in [0.4, 0.5) is 0 Å². The Morgan fingerprint density at radius 3 is 2.00 bits per heavy atom. The van der Waals surface area contributed by atoms with Gasteiger partial charge in [0.05, 0.1) is 0 Å². The molecule has 5 nitrogen and oxygen atoms in total. The van der Waals surface area contributed by atoms with E-state index < -0.39 is 5.60 Å². The Morgan fingerprint density at radius 2 is 1.61 bits per heavy atom. The number of esters is 1. The van der Waals surface area contributed by atoms with Gasteiger partial charge in [-0.3, -0.25) is 4.79 Å². The minimum atomic E-state index is -0.464. The Morgan fingerprint density at radius 1 is 1.11 bits per heavy atom. The van der Waals surface area contributed by atoms with Crippen LogP contribution in [0.2, 0.25) is 0 Å². The number of rotatable bonds is 6. The van der Waals surface area contributed by atoms with Crippen LogP contribution in [0.25, 0.3) is 0 Å². The Balaban J connectivity index is 4.04. The fraction of sp³-hybridized carbons (Fsp3) is 0.917. The van der Waals surface area contributed by atoms with E-state index in [2.05, 4.69) is 36.4 Å². The average molecular weight is 372 g/mol. The summed E-state index contributed by atoms with van der Waals surface area (Å²) in [6.07, 6.45) is 0. The molecule has 0 saturated carbocycles. The van der Waals surface area contributed by atoms with Gasteiger partial charge in [-0.15, -0.1) is 0 Å². The van der Waals surface area contributed by atoms with E-state index >= 15 is 0 Å². The van der Waals surface area contributed by atoms with Gasteiger partial charge in [-0.2, -0.15) is 10.1 Å². The maximum atomic E-state index is 11.6. The second kappa shape index (κ2) is 7.02. The standard InChI is InChI=1S/C12H25IN2O3/c1-11(2,3)17-10(16)8-14(6)18-15(7)9-12(4,5)13/h8-9H2,1-7H3. The van der Waals surface area contributed by atoms with Gasteiger partial charge >= 0.3 is 5.97 Å². The third kappa shape index (κ3) is 11.2. The van der Waals surface area contributed by atoms with Gasteiger partial charge in [0.15, 0.2) is 0 Å². The maximum absolute atomic E-state index is 11.6. The first kappa shape index (κ1) is 18.1. The summed E-state index contributed by atoms with van der Waals surface area (Å²) in [5, 5.41) is 3.17. The summed E-state index contributed by atoms with van der Waals surface area (Å²) in [5.74, 6) is -0.299. The summed E-state index contributed by atoms with van der Waals surface area (Å²) in [6, 6.07) is 0. The summed E-state index contributed by atoms with van der Waals surface area (Å²) in [4.78, 5) is 17.0. The van der Waals surface area contributed by atoms with Crippen molar-refractivity contribution >= 4 is 28.6 Å². The molecule has 0 fully saturated rings. The van der Waals surface area contributed by atoms with Gasteiger partial charge in [-0.25, -0.2) is 4.94 Å². The zero-order chi connectivity index (χ0) is 14.6. The third-order valence-corrected chi connectivity index (χ3v) is 1.99. The molecule has 0 aromatic heterocycles. The van der Waals surface area contributed by atoms with E-state index in [1.807, 2.05) is 27.8 Å². The van der Waals surface area contributed by atoms with Gasteiger partial charge in [0.1, 0.15) is 12.1 Å². The van der Waals surface area contributed by atoms with Crippen LogP contribution in [0.3, 0.4) is 0 Å². The van der Waals surface area contributed by atoms with Crippen molar-refractivity contribution in [1.29, 1.82) is 0 Å². The molecule has 0 unspecified atom stereocenters. The van der Waals surface area contributed by atoms with Crippen LogP contribution in [0.5, 0.6) is 0 Å². The Kier molecular flexibility index (Phi) is 7.05. The molecular weight excluding hydrogens is 347 g/mol. The van der Waals surface area contributed by atoms with Gasteiger partial charge in [-0.1, -0.05) is 22.6 Å². The molecule has 0 spiro atoms. The molecule has 0 N–H and O–H groups in total. The molecular formula is C12H25IN2O3. The zero-order valence-corrected chi connectivity index (χ0v) is 14.6. The van der Waals surface area contributed by atoms with Crippen molar-refractivity contribution in [2.45, 2.75) is 43.6 Å². The number of hydrogen-bond donors (Lipinski definition) is 0. The number of halogens is 1. The molecule has 0 aliphatic heterocycles. The Bertz CT molecular complexity index is 271. The highest BCUT2D eigenvalue weighted by atomic mass is 127. The minimum absolute atomic E-state index is 0.100. The minimum Gasteiger partial charge on any atom is -0.459 e. The van der Waals surface area contributed by atoms with Gasteiger partial charge in [0, 0.05) is 24.1 Å². The summed E-state index contributed by atoms with van der Waals surface area (Å²) in [7, 11) is 3.55. The first-order valence-electron chi connectivity index (χ1n) is 5.90. The van der Waals surface area contributed by atoms with Crippen molar-refractivity contribution in [1.82, 2.24) is 10.1 Å². The quantitative estimate of drug-likeness (QED) is 0.310. The van der Waals surface area contributed by atoms with E-state index in [1.165, 1.54) is 5.06 Å². The molecule has 0 aromatic rings.